The van der Waals surface area contributed by atoms with Crippen molar-refractivity contribution in [2.75, 3.05) is 13.7 Å². The van der Waals surface area contributed by atoms with Gasteiger partial charge < -0.3 is 9.84 Å². The van der Waals surface area contributed by atoms with Gasteiger partial charge in [-0.1, -0.05) is 6.07 Å². The van der Waals surface area contributed by atoms with E-state index >= 15 is 0 Å². The minimum atomic E-state index is -0.338. The Hall–Kier alpha value is -1.13. The van der Waals surface area contributed by atoms with Crippen LogP contribution in [0.3, 0.4) is 0 Å². The Balaban J connectivity index is 2.13. The largest absolute Gasteiger partial charge is 0.494 e. The summed E-state index contributed by atoms with van der Waals surface area (Å²) in [4.78, 5) is 2.21. The van der Waals surface area contributed by atoms with Crippen molar-refractivity contribution in [2.45, 2.75) is 44.9 Å². The molecule has 1 aromatic carbocycles. The van der Waals surface area contributed by atoms with Crippen molar-refractivity contribution in [1.29, 1.82) is 0 Å². The van der Waals surface area contributed by atoms with Crippen molar-refractivity contribution in [3.05, 3.63) is 29.6 Å². The molecular formula is C15H22FNO2. The van der Waals surface area contributed by atoms with E-state index in [9.17, 15) is 9.50 Å². The summed E-state index contributed by atoms with van der Waals surface area (Å²) >= 11 is 0. The van der Waals surface area contributed by atoms with Gasteiger partial charge in [-0.15, -0.1) is 0 Å². The number of nitrogens with zero attached hydrogens (tertiary/aromatic N) is 1. The van der Waals surface area contributed by atoms with Crippen LogP contribution < -0.4 is 4.74 Å². The SMILES string of the molecule is COc1ccc(CN2CC(O)CCC2(C)C)cc1F. The predicted octanol–water partition coefficient (Wildman–Crippen LogP) is 2.57. The smallest absolute Gasteiger partial charge is 0.165 e. The standard InChI is InChI=1S/C15H22FNO2/c1-15(2)7-6-12(18)10-17(15)9-11-4-5-14(19-3)13(16)8-11/h4-5,8,12,18H,6-7,9-10H2,1-3H3. The van der Waals surface area contributed by atoms with Gasteiger partial charge >= 0.3 is 0 Å². The molecule has 2 rings (SSSR count). The highest BCUT2D eigenvalue weighted by atomic mass is 19.1. The number of benzene rings is 1. The normalized spacial score (nSPS) is 23.3. The number of aliphatic hydroxyl groups is 1. The molecule has 0 aliphatic carbocycles. The summed E-state index contributed by atoms with van der Waals surface area (Å²) in [5.74, 6) is -0.0722. The highest BCUT2D eigenvalue weighted by molar-refractivity contribution is 5.29. The number of ether oxygens (including phenoxy) is 1. The monoisotopic (exact) mass is 267 g/mol. The Kier molecular flexibility index (Phi) is 4.11. The summed E-state index contributed by atoms with van der Waals surface area (Å²) in [7, 11) is 1.46. The summed E-state index contributed by atoms with van der Waals surface area (Å²) in [5, 5.41) is 9.79. The van der Waals surface area contributed by atoms with Crippen LogP contribution in [-0.2, 0) is 6.54 Å². The maximum Gasteiger partial charge on any atom is 0.165 e. The van der Waals surface area contributed by atoms with E-state index in [1.165, 1.54) is 13.2 Å². The van der Waals surface area contributed by atoms with Gasteiger partial charge in [0, 0.05) is 18.6 Å². The zero-order valence-electron chi connectivity index (χ0n) is 11.8. The molecule has 1 aromatic rings. The lowest BCUT2D eigenvalue weighted by molar-refractivity contribution is -0.00964. The molecule has 0 radical (unpaired) electrons. The summed E-state index contributed by atoms with van der Waals surface area (Å²) in [6.07, 6.45) is 1.50. The van der Waals surface area contributed by atoms with E-state index in [1.54, 1.807) is 6.07 Å². The lowest BCUT2D eigenvalue weighted by Crippen LogP contribution is -2.51. The van der Waals surface area contributed by atoms with Crippen molar-refractivity contribution in [1.82, 2.24) is 4.90 Å². The Morgan fingerprint density at radius 1 is 1.47 bits per heavy atom. The third-order valence-electron chi connectivity index (χ3n) is 3.97. The maximum absolute atomic E-state index is 13.7. The quantitative estimate of drug-likeness (QED) is 0.913. The van der Waals surface area contributed by atoms with E-state index < -0.39 is 0 Å². The lowest BCUT2D eigenvalue weighted by Gasteiger charge is -2.44. The topological polar surface area (TPSA) is 32.7 Å². The first-order chi connectivity index (χ1) is 8.92. The average Bonchev–Trinajstić information content (AvgIpc) is 2.35. The molecule has 1 atom stereocenters. The molecule has 0 saturated carbocycles. The van der Waals surface area contributed by atoms with Gasteiger partial charge in [-0.25, -0.2) is 4.39 Å². The van der Waals surface area contributed by atoms with Gasteiger partial charge in [0.25, 0.3) is 0 Å². The number of rotatable bonds is 3. The second-order valence-corrected chi connectivity index (χ2v) is 5.85. The second-order valence-electron chi connectivity index (χ2n) is 5.85. The first-order valence-corrected chi connectivity index (χ1v) is 6.68. The number of aliphatic hydroxyl groups excluding tert-OH is 1. The third kappa shape index (κ3) is 3.25. The van der Waals surface area contributed by atoms with Crippen LogP contribution in [-0.4, -0.2) is 35.3 Å². The van der Waals surface area contributed by atoms with E-state index in [0.717, 1.165) is 18.4 Å². The van der Waals surface area contributed by atoms with E-state index in [2.05, 4.69) is 18.7 Å². The van der Waals surface area contributed by atoms with Crippen molar-refractivity contribution < 1.29 is 14.2 Å². The van der Waals surface area contributed by atoms with Crippen molar-refractivity contribution >= 4 is 0 Å². The fraction of sp³-hybridized carbons (Fsp3) is 0.600. The van der Waals surface area contributed by atoms with E-state index in [1.807, 2.05) is 6.07 Å². The fourth-order valence-electron chi connectivity index (χ4n) is 2.58. The van der Waals surface area contributed by atoms with Crippen LogP contribution in [0.25, 0.3) is 0 Å². The van der Waals surface area contributed by atoms with Gasteiger partial charge in [-0.05, 0) is 44.4 Å². The molecule has 0 amide bonds. The molecule has 1 unspecified atom stereocenters. The minimum absolute atomic E-state index is 0.0373. The molecule has 3 nitrogen and oxygen atoms in total. The van der Waals surface area contributed by atoms with E-state index in [-0.39, 0.29) is 23.2 Å². The number of halogens is 1. The Morgan fingerprint density at radius 3 is 2.84 bits per heavy atom. The Morgan fingerprint density at radius 2 is 2.21 bits per heavy atom. The van der Waals surface area contributed by atoms with Gasteiger partial charge in [-0.3, -0.25) is 4.90 Å². The van der Waals surface area contributed by atoms with Crippen molar-refractivity contribution in [3.63, 3.8) is 0 Å². The van der Waals surface area contributed by atoms with Crippen LogP contribution in [0.1, 0.15) is 32.3 Å². The van der Waals surface area contributed by atoms with Gasteiger partial charge in [0.1, 0.15) is 0 Å². The maximum atomic E-state index is 13.7. The molecule has 0 aromatic heterocycles. The van der Waals surface area contributed by atoms with E-state index in [4.69, 9.17) is 4.74 Å². The van der Waals surface area contributed by atoms with Crippen LogP contribution >= 0.6 is 0 Å². The average molecular weight is 267 g/mol. The summed E-state index contributed by atoms with van der Waals surface area (Å²) in [5.41, 5.74) is 0.941. The van der Waals surface area contributed by atoms with Gasteiger partial charge in [0.15, 0.2) is 11.6 Å². The molecule has 0 spiro atoms. The molecule has 106 valence electrons. The van der Waals surface area contributed by atoms with Crippen LogP contribution in [0.15, 0.2) is 18.2 Å². The number of methoxy groups -OCH3 is 1. The number of piperidine rings is 1. The fourth-order valence-corrected chi connectivity index (χ4v) is 2.58. The van der Waals surface area contributed by atoms with Crippen LogP contribution in [0, 0.1) is 5.82 Å². The number of β-amino-alcohol motifs (C(OH)–C–C–N with tert-alkyl or cyclic N) is 1. The zero-order valence-corrected chi connectivity index (χ0v) is 11.8. The van der Waals surface area contributed by atoms with Gasteiger partial charge in [0.2, 0.25) is 0 Å². The highest BCUT2D eigenvalue weighted by Gasteiger charge is 2.33. The molecule has 19 heavy (non-hydrogen) atoms. The lowest BCUT2D eigenvalue weighted by atomic mass is 9.88. The molecule has 0 bridgehead atoms. The van der Waals surface area contributed by atoms with Crippen LogP contribution in [0.4, 0.5) is 4.39 Å². The number of hydrogen-bond donors (Lipinski definition) is 1. The molecule has 1 aliphatic heterocycles. The summed E-state index contributed by atoms with van der Waals surface area (Å²) < 4.78 is 18.6. The third-order valence-corrected chi connectivity index (χ3v) is 3.97. The molecule has 1 N–H and O–H groups in total. The molecular weight excluding hydrogens is 245 g/mol. The van der Waals surface area contributed by atoms with Crippen LogP contribution in [0.2, 0.25) is 0 Å². The van der Waals surface area contributed by atoms with Crippen molar-refractivity contribution in [2.24, 2.45) is 0 Å². The van der Waals surface area contributed by atoms with E-state index in [0.29, 0.717) is 13.1 Å². The molecule has 1 heterocycles. The number of hydrogen-bond acceptors (Lipinski definition) is 3. The van der Waals surface area contributed by atoms with Gasteiger partial charge in [-0.2, -0.15) is 0 Å². The molecule has 1 saturated heterocycles. The molecule has 4 heteroatoms. The summed E-state index contributed by atoms with van der Waals surface area (Å²) in [6.45, 7) is 5.61. The first-order valence-electron chi connectivity index (χ1n) is 6.68. The second kappa shape index (κ2) is 5.47. The van der Waals surface area contributed by atoms with Crippen LogP contribution in [0.5, 0.6) is 5.75 Å². The summed E-state index contributed by atoms with van der Waals surface area (Å²) in [6, 6.07) is 5.03. The van der Waals surface area contributed by atoms with Gasteiger partial charge in [0.05, 0.1) is 13.2 Å². The minimum Gasteiger partial charge on any atom is -0.494 e. The Bertz CT molecular complexity index is 448. The van der Waals surface area contributed by atoms with Crippen molar-refractivity contribution in [3.8, 4) is 5.75 Å². The number of likely N-dealkylation sites (tertiary alicyclic amines) is 1. The Labute approximate surface area is 114 Å². The molecule has 1 fully saturated rings. The highest BCUT2D eigenvalue weighted by Crippen LogP contribution is 2.29. The zero-order chi connectivity index (χ0) is 14.0. The predicted molar refractivity (Wildman–Crippen MR) is 72.7 cm³/mol. The first kappa shape index (κ1) is 14.3. The molecule has 1 aliphatic rings.